The van der Waals surface area contributed by atoms with Crippen LogP contribution in [0, 0.1) is 0 Å². The molecule has 128 valence electrons. The molecule has 0 atom stereocenters. The molecule has 2 aromatic rings. The summed E-state index contributed by atoms with van der Waals surface area (Å²) in [5, 5.41) is 16.7. The van der Waals surface area contributed by atoms with Gasteiger partial charge in [-0.25, -0.2) is 9.78 Å². The van der Waals surface area contributed by atoms with Gasteiger partial charge in [0.25, 0.3) is 0 Å². The number of carboxylic acid groups (broad SMARTS) is 1. The molecule has 6 nitrogen and oxygen atoms in total. The molecule has 1 aromatic carbocycles. The third-order valence-corrected chi connectivity index (χ3v) is 4.25. The van der Waals surface area contributed by atoms with Gasteiger partial charge in [-0.1, -0.05) is 22.9 Å². The zero-order valence-corrected chi connectivity index (χ0v) is 15.9. The van der Waals surface area contributed by atoms with Crippen molar-refractivity contribution in [1.29, 1.82) is 0 Å². The van der Waals surface area contributed by atoms with Gasteiger partial charge in [-0.3, -0.25) is 5.10 Å². The van der Waals surface area contributed by atoms with Crippen molar-refractivity contribution in [2.75, 3.05) is 0 Å². The molecule has 0 radical (unpaired) electrons. The lowest BCUT2D eigenvalue weighted by Gasteiger charge is -2.13. The van der Waals surface area contributed by atoms with Crippen molar-refractivity contribution in [2.45, 2.75) is 38.5 Å². The number of nitrogens with zero attached hydrogens (tertiary/aromatic N) is 2. The van der Waals surface area contributed by atoms with Gasteiger partial charge in [-0.2, -0.15) is 0 Å². The second-order valence-electron chi connectivity index (χ2n) is 5.18. The van der Waals surface area contributed by atoms with Crippen LogP contribution in [0.25, 0.3) is 6.08 Å². The number of hydrogen-bond donors (Lipinski definition) is 2. The van der Waals surface area contributed by atoms with Crippen LogP contribution in [0.3, 0.4) is 0 Å². The molecular weight excluding hydrogens is 394 g/mol. The second kappa shape index (κ2) is 8.34. The van der Waals surface area contributed by atoms with E-state index < -0.39 is 5.97 Å². The molecule has 0 bridgehead atoms. The van der Waals surface area contributed by atoms with Gasteiger partial charge in [-0.15, -0.1) is 5.10 Å². The van der Waals surface area contributed by atoms with Crippen LogP contribution >= 0.6 is 27.7 Å². The van der Waals surface area contributed by atoms with E-state index in [-0.39, 0.29) is 11.0 Å². The highest BCUT2D eigenvalue weighted by atomic mass is 79.9. The van der Waals surface area contributed by atoms with Crippen LogP contribution in [-0.2, 0) is 11.2 Å². The topological polar surface area (TPSA) is 88.1 Å². The number of aromatic amines is 1. The Bertz CT molecular complexity index is 759. The number of aromatic nitrogens is 3. The number of aryl methyl sites for hydroxylation is 1. The minimum Gasteiger partial charge on any atom is -0.490 e. The van der Waals surface area contributed by atoms with E-state index in [0.29, 0.717) is 28.7 Å². The van der Waals surface area contributed by atoms with Crippen molar-refractivity contribution in [1.82, 2.24) is 15.2 Å². The van der Waals surface area contributed by atoms with Gasteiger partial charge in [0.05, 0.1) is 6.10 Å². The molecule has 0 amide bonds. The van der Waals surface area contributed by atoms with Gasteiger partial charge in [0.1, 0.15) is 16.5 Å². The highest BCUT2D eigenvalue weighted by Crippen LogP contribution is 2.31. The molecule has 0 aliphatic rings. The number of aliphatic carboxylic acids is 1. The summed E-state index contributed by atoms with van der Waals surface area (Å²) in [5.41, 5.74) is 0.675. The predicted octanol–water partition coefficient (Wildman–Crippen LogP) is 4.13. The number of hydrogen-bond acceptors (Lipinski definition) is 5. The van der Waals surface area contributed by atoms with E-state index in [1.165, 1.54) is 0 Å². The van der Waals surface area contributed by atoms with E-state index in [2.05, 4.69) is 31.1 Å². The Labute approximate surface area is 152 Å². The standard InChI is InChI=1S/C16H18BrN3O3S/c1-4-14-18-16(20-19-14)24-13(15(21)22)8-10-7-11(17)5-6-12(10)23-9(2)3/h5-9H,4H2,1-3H3,(H,21,22)(H,18,19,20)/b13-8-. The number of thioether (sulfide) groups is 1. The third kappa shape index (κ3) is 5.10. The minimum absolute atomic E-state index is 0.0145. The van der Waals surface area contributed by atoms with E-state index in [1.54, 1.807) is 6.08 Å². The van der Waals surface area contributed by atoms with Crippen molar-refractivity contribution in [3.05, 3.63) is 39.0 Å². The smallest absolute Gasteiger partial charge is 0.342 e. The molecular formula is C16H18BrN3O3S. The first-order valence-electron chi connectivity index (χ1n) is 7.39. The van der Waals surface area contributed by atoms with Gasteiger partial charge in [0.15, 0.2) is 0 Å². The molecule has 0 spiro atoms. The maximum atomic E-state index is 11.6. The highest BCUT2D eigenvalue weighted by molar-refractivity contribution is 9.10. The van der Waals surface area contributed by atoms with E-state index in [1.807, 2.05) is 39.0 Å². The van der Waals surface area contributed by atoms with Crippen molar-refractivity contribution >= 4 is 39.7 Å². The van der Waals surface area contributed by atoms with E-state index in [9.17, 15) is 9.90 Å². The minimum atomic E-state index is -1.04. The summed E-state index contributed by atoms with van der Waals surface area (Å²) in [7, 11) is 0. The Kier molecular flexibility index (Phi) is 6.44. The van der Waals surface area contributed by atoms with Crippen LogP contribution < -0.4 is 4.74 Å². The molecule has 0 aliphatic carbocycles. The molecule has 2 N–H and O–H groups in total. The second-order valence-corrected chi connectivity index (χ2v) is 7.11. The zero-order chi connectivity index (χ0) is 17.7. The molecule has 8 heteroatoms. The molecule has 0 saturated heterocycles. The van der Waals surface area contributed by atoms with Crippen LogP contribution in [0.15, 0.2) is 32.7 Å². The molecule has 0 fully saturated rings. The highest BCUT2D eigenvalue weighted by Gasteiger charge is 2.15. The predicted molar refractivity (Wildman–Crippen MR) is 97.1 cm³/mol. The molecule has 24 heavy (non-hydrogen) atoms. The van der Waals surface area contributed by atoms with Crippen molar-refractivity contribution in [2.24, 2.45) is 0 Å². The Balaban J connectivity index is 2.36. The summed E-state index contributed by atoms with van der Waals surface area (Å²) in [5.74, 6) is 0.295. The summed E-state index contributed by atoms with van der Waals surface area (Å²) in [6.45, 7) is 5.78. The Morgan fingerprint density at radius 2 is 2.25 bits per heavy atom. The van der Waals surface area contributed by atoms with E-state index in [0.717, 1.165) is 16.2 Å². The van der Waals surface area contributed by atoms with Crippen LogP contribution in [0.2, 0.25) is 0 Å². The quantitative estimate of drug-likeness (QED) is 0.525. The molecule has 2 rings (SSSR count). The number of H-pyrrole nitrogens is 1. The molecule has 1 heterocycles. The number of nitrogens with one attached hydrogen (secondary N) is 1. The first kappa shape index (κ1) is 18.5. The van der Waals surface area contributed by atoms with Crippen molar-refractivity contribution in [3.63, 3.8) is 0 Å². The lowest BCUT2D eigenvalue weighted by atomic mass is 10.2. The van der Waals surface area contributed by atoms with Crippen molar-refractivity contribution < 1.29 is 14.6 Å². The number of ether oxygens (including phenoxy) is 1. The average molecular weight is 412 g/mol. The maximum Gasteiger partial charge on any atom is 0.342 e. The fourth-order valence-corrected chi connectivity index (χ4v) is 2.95. The van der Waals surface area contributed by atoms with Gasteiger partial charge in [0, 0.05) is 16.5 Å². The summed E-state index contributed by atoms with van der Waals surface area (Å²) in [6, 6.07) is 5.48. The summed E-state index contributed by atoms with van der Waals surface area (Å²) in [6.07, 6.45) is 2.26. The van der Waals surface area contributed by atoms with Gasteiger partial charge in [0.2, 0.25) is 5.16 Å². The van der Waals surface area contributed by atoms with E-state index >= 15 is 0 Å². The number of benzene rings is 1. The monoisotopic (exact) mass is 411 g/mol. The largest absolute Gasteiger partial charge is 0.490 e. The number of carbonyl (C=O) groups is 1. The summed E-state index contributed by atoms with van der Waals surface area (Å²) in [4.78, 5) is 15.9. The van der Waals surface area contributed by atoms with E-state index in [4.69, 9.17) is 4.74 Å². The molecule has 0 saturated carbocycles. The zero-order valence-electron chi connectivity index (χ0n) is 13.5. The maximum absolute atomic E-state index is 11.6. The summed E-state index contributed by atoms with van der Waals surface area (Å²) >= 11 is 4.40. The van der Waals surface area contributed by atoms with Crippen LogP contribution in [0.5, 0.6) is 5.75 Å². The Hall–Kier alpha value is -1.80. The SMILES string of the molecule is CCc1nc(S/C(=C\c2cc(Br)ccc2OC(C)C)C(=O)O)n[nH]1. The Morgan fingerprint density at radius 3 is 2.83 bits per heavy atom. The average Bonchev–Trinajstić information content (AvgIpc) is 2.96. The first-order valence-corrected chi connectivity index (χ1v) is 9.00. The lowest BCUT2D eigenvalue weighted by Crippen LogP contribution is -2.07. The van der Waals surface area contributed by atoms with Gasteiger partial charge < -0.3 is 9.84 Å². The van der Waals surface area contributed by atoms with Gasteiger partial charge >= 0.3 is 5.97 Å². The lowest BCUT2D eigenvalue weighted by molar-refractivity contribution is -0.131. The van der Waals surface area contributed by atoms with Crippen LogP contribution in [0.1, 0.15) is 32.2 Å². The Morgan fingerprint density at radius 1 is 1.50 bits per heavy atom. The normalized spacial score (nSPS) is 11.8. The van der Waals surface area contributed by atoms with Crippen molar-refractivity contribution in [3.8, 4) is 5.75 Å². The molecule has 1 aromatic heterocycles. The van der Waals surface area contributed by atoms with Crippen LogP contribution in [0.4, 0.5) is 0 Å². The molecule has 0 aliphatic heterocycles. The summed E-state index contributed by atoms with van der Waals surface area (Å²) < 4.78 is 6.59. The molecule has 0 unspecified atom stereocenters. The van der Waals surface area contributed by atoms with Gasteiger partial charge in [-0.05, 0) is 49.9 Å². The fourth-order valence-electron chi connectivity index (χ4n) is 1.85. The number of carboxylic acids is 1. The third-order valence-electron chi connectivity index (χ3n) is 2.88. The fraction of sp³-hybridized carbons (Fsp3) is 0.312. The number of rotatable bonds is 7. The number of halogens is 1. The van der Waals surface area contributed by atoms with Crippen LogP contribution in [-0.4, -0.2) is 32.4 Å². The first-order chi connectivity index (χ1) is 11.4.